The summed E-state index contributed by atoms with van der Waals surface area (Å²) in [5.41, 5.74) is 0. The molecule has 1 aromatic rings. The Morgan fingerprint density at radius 1 is 1.43 bits per heavy atom. The molecule has 0 atom stereocenters. The number of furan rings is 1. The Balaban J connectivity index is 1.98. The quantitative estimate of drug-likeness (QED) is 0.804. The van der Waals surface area contributed by atoms with Crippen LogP contribution >= 0.6 is 0 Å². The Morgan fingerprint density at radius 3 is 2.71 bits per heavy atom. The molecule has 0 aromatic carbocycles. The van der Waals surface area contributed by atoms with Crippen molar-refractivity contribution in [3.05, 3.63) is 23.7 Å². The summed E-state index contributed by atoms with van der Waals surface area (Å²) < 4.78 is 5.21. The summed E-state index contributed by atoms with van der Waals surface area (Å²) in [6, 6.07) is 3.31. The summed E-state index contributed by atoms with van der Waals surface area (Å²) in [6.45, 7) is 0. The number of hydrogen-bond acceptors (Lipinski definition) is 2. The second-order valence-electron chi connectivity index (χ2n) is 3.93. The minimum atomic E-state index is -0.984. The topological polar surface area (TPSA) is 50.4 Å². The molecule has 1 aliphatic rings. The van der Waals surface area contributed by atoms with Gasteiger partial charge in [0.25, 0.3) is 0 Å². The van der Waals surface area contributed by atoms with E-state index >= 15 is 0 Å². The Kier molecular flexibility index (Phi) is 2.57. The Labute approximate surface area is 82.7 Å². The van der Waals surface area contributed by atoms with Gasteiger partial charge in [-0.3, -0.25) is 0 Å². The number of carboxylic acids is 1. The predicted molar refractivity (Wildman–Crippen MR) is 51.3 cm³/mol. The first-order valence-corrected chi connectivity index (χ1v) is 5.07. The molecule has 1 saturated carbocycles. The molecule has 0 amide bonds. The van der Waals surface area contributed by atoms with Gasteiger partial charge in [-0.25, -0.2) is 4.79 Å². The highest BCUT2D eigenvalue weighted by Crippen LogP contribution is 2.28. The summed E-state index contributed by atoms with van der Waals surface area (Å²) in [4.78, 5) is 10.6. The van der Waals surface area contributed by atoms with Crippen LogP contribution in [0.1, 0.15) is 42.0 Å². The van der Waals surface area contributed by atoms with Gasteiger partial charge in [0, 0.05) is 6.42 Å². The third-order valence-electron chi connectivity index (χ3n) is 2.84. The number of aromatic carboxylic acids is 1. The lowest BCUT2D eigenvalue weighted by Crippen LogP contribution is -1.97. The summed E-state index contributed by atoms with van der Waals surface area (Å²) in [6.07, 6.45) is 6.01. The van der Waals surface area contributed by atoms with Crippen LogP contribution in [0.15, 0.2) is 16.5 Å². The van der Waals surface area contributed by atoms with E-state index in [1.807, 2.05) is 0 Å². The molecule has 1 N–H and O–H groups in total. The maximum atomic E-state index is 10.6. The van der Waals surface area contributed by atoms with Gasteiger partial charge in [-0.1, -0.05) is 25.7 Å². The van der Waals surface area contributed by atoms with Crippen LogP contribution in [0.5, 0.6) is 0 Å². The van der Waals surface area contributed by atoms with Crippen LogP contribution in [0, 0.1) is 5.92 Å². The maximum absolute atomic E-state index is 10.6. The van der Waals surface area contributed by atoms with Gasteiger partial charge < -0.3 is 9.52 Å². The van der Waals surface area contributed by atoms with Crippen LogP contribution in [0.3, 0.4) is 0 Å². The number of hydrogen-bond donors (Lipinski definition) is 1. The molecule has 76 valence electrons. The summed E-state index contributed by atoms with van der Waals surface area (Å²) in [7, 11) is 0. The third-order valence-corrected chi connectivity index (χ3v) is 2.84. The van der Waals surface area contributed by atoms with Gasteiger partial charge in [0.15, 0.2) is 0 Å². The Morgan fingerprint density at radius 2 is 2.14 bits per heavy atom. The zero-order valence-electron chi connectivity index (χ0n) is 8.03. The number of carbonyl (C=O) groups is 1. The highest BCUT2D eigenvalue weighted by atomic mass is 16.4. The molecule has 2 rings (SSSR count). The van der Waals surface area contributed by atoms with Gasteiger partial charge >= 0.3 is 5.97 Å². The number of rotatable bonds is 3. The second kappa shape index (κ2) is 3.86. The lowest BCUT2D eigenvalue weighted by molar-refractivity contribution is 0.0660. The van der Waals surface area contributed by atoms with Gasteiger partial charge in [-0.15, -0.1) is 0 Å². The molecular formula is C11H14O3. The first-order chi connectivity index (χ1) is 6.75. The molecule has 0 bridgehead atoms. The van der Waals surface area contributed by atoms with Gasteiger partial charge in [0.05, 0.1) is 0 Å². The van der Waals surface area contributed by atoms with Crippen LogP contribution in [0.2, 0.25) is 0 Å². The van der Waals surface area contributed by atoms with E-state index in [4.69, 9.17) is 9.52 Å². The largest absolute Gasteiger partial charge is 0.475 e. The van der Waals surface area contributed by atoms with Crippen molar-refractivity contribution in [2.45, 2.75) is 32.1 Å². The predicted octanol–water partition coefficient (Wildman–Crippen LogP) is 2.71. The molecule has 0 aliphatic heterocycles. The smallest absolute Gasteiger partial charge is 0.371 e. The molecule has 0 radical (unpaired) electrons. The average molecular weight is 194 g/mol. The number of carboxylic acid groups (broad SMARTS) is 1. The van der Waals surface area contributed by atoms with Gasteiger partial charge in [0.1, 0.15) is 5.76 Å². The zero-order valence-corrected chi connectivity index (χ0v) is 8.03. The summed E-state index contributed by atoms with van der Waals surface area (Å²) in [5.74, 6) is 0.581. The van der Waals surface area contributed by atoms with Crippen molar-refractivity contribution in [2.24, 2.45) is 5.92 Å². The molecule has 1 aromatic heterocycles. The van der Waals surface area contributed by atoms with Crippen molar-refractivity contribution < 1.29 is 14.3 Å². The Hall–Kier alpha value is -1.25. The van der Waals surface area contributed by atoms with Crippen molar-refractivity contribution in [1.82, 2.24) is 0 Å². The van der Waals surface area contributed by atoms with E-state index in [9.17, 15) is 4.79 Å². The van der Waals surface area contributed by atoms with Crippen LogP contribution in [0.25, 0.3) is 0 Å². The van der Waals surface area contributed by atoms with E-state index in [-0.39, 0.29) is 5.76 Å². The van der Waals surface area contributed by atoms with E-state index in [1.165, 1.54) is 31.7 Å². The van der Waals surface area contributed by atoms with Crippen molar-refractivity contribution in [1.29, 1.82) is 0 Å². The van der Waals surface area contributed by atoms with Crippen molar-refractivity contribution in [3.8, 4) is 0 Å². The van der Waals surface area contributed by atoms with E-state index < -0.39 is 5.97 Å². The molecule has 1 aliphatic carbocycles. The zero-order chi connectivity index (χ0) is 9.97. The highest BCUT2D eigenvalue weighted by Gasteiger charge is 2.18. The molecule has 0 spiro atoms. The molecule has 3 nitrogen and oxygen atoms in total. The first kappa shape index (κ1) is 9.31. The van der Waals surface area contributed by atoms with Gasteiger partial charge in [-0.2, -0.15) is 0 Å². The average Bonchev–Trinajstić information content (AvgIpc) is 2.75. The summed E-state index contributed by atoms with van der Waals surface area (Å²) in [5, 5.41) is 8.67. The van der Waals surface area contributed by atoms with Gasteiger partial charge in [0.2, 0.25) is 5.76 Å². The maximum Gasteiger partial charge on any atom is 0.371 e. The minimum Gasteiger partial charge on any atom is -0.475 e. The van der Waals surface area contributed by atoms with E-state index in [0.717, 1.165) is 12.2 Å². The lowest BCUT2D eigenvalue weighted by atomic mass is 10.0. The minimum absolute atomic E-state index is 0.0537. The first-order valence-electron chi connectivity index (χ1n) is 5.07. The molecular weight excluding hydrogens is 180 g/mol. The monoisotopic (exact) mass is 194 g/mol. The fourth-order valence-corrected chi connectivity index (χ4v) is 2.10. The normalized spacial score (nSPS) is 17.4. The van der Waals surface area contributed by atoms with Crippen molar-refractivity contribution in [2.75, 3.05) is 0 Å². The van der Waals surface area contributed by atoms with E-state index in [2.05, 4.69) is 0 Å². The molecule has 14 heavy (non-hydrogen) atoms. The molecule has 0 unspecified atom stereocenters. The highest BCUT2D eigenvalue weighted by molar-refractivity contribution is 5.84. The van der Waals surface area contributed by atoms with Crippen LogP contribution in [-0.4, -0.2) is 11.1 Å². The van der Waals surface area contributed by atoms with Crippen LogP contribution < -0.4 is 0 Å². The molecule has 1 fully saturated rings. The molecule has 1 heterocycles. The second-order valence-corrected chi connectivity index (χ2v) is 3.93. The fraction of sp³-hybridized carbons (Fsp3) is 0.545. The Bertz CT molecular complexity index is 321. The lowest BCUT2D eigenvalue weighted by Gasteiger charge is -2.04. The van der Waals surface area contributed by atoms with Crippen molar-refractivity contribution in [3.63, 3.8) is 0 Å². The van der Waals surface area contributed by atoms with Gasteiger partial charge in [-0.05, 0) is 18.1 Å². The van der Waals surface area contributed by atoms with Crippen molar-refractivity contribution >= 4 is 5.97 Å². The summed E-state index contributed by atoms with van der Waals surface area (Å²) >= 11 is 0. The molecule has 3 heteroatoms. The third kappa shape index (κ3) is 1.97. The molecule has 0 saturated heterocycles. The van der Waals surface area contributed by atoms with E-state index in [1.54, 1.807) is 6.07 Å². The fourth-order valence-electron chi connectivity index (χ4n) is 2.10. The van der Waals surface area contributed by atoms with Crippen LogP contribution in [-0.2, 0) is 6.42 Å². The SMILES string of the molecule is O=C(O)c1ccc(CC2CCCC2)o1. The standard InChI is InChI=1S/C11H14O3/c12-11(13)10-6-5-9(14-10)7-8-3-1-2-4-8/h5-6,8H,1-4,7H2,(H,12,13). The van der Waals surface area contributed by atoms with E-state index in [0.29, 0.717) is 5.92 Å². The van der Waals surface area contributed by atoms with Crippen LogP contribution in [0.4, 0.5) is 0 Å².